The minimum absolute atomic E-state index is 0.0383. The normalized spacial score (nSPS) is 11.6. The summed E-state index contributed by atoms with van der Waals surface area (Å²) in [5.74, 6) is -1.08. The number of anilines is 1. The average Bonchev–Trinajstić information content (AvgIpc) is 2.91. The van der Waals surface area contributed by atoms with Gasteiger partial charge < -0.3 is 4.57 Å². The van der Waals surface area contributed by atoms with Gasteiger partial charge in [-0.1, -0.05) is 12.1 Å². The van der Waals surface area contributed by atoms with Crippen molar-refractivity contribution >= 4 is 32.5 Å². The molecule has 0 aliphatic heterocycles. The van der Waals surface area contributed by atoms with Crippen LogP contribution >= 0.6 is 0 Å². The second-order valence-electron chi connectivity index (χ2n) is 6.09. The largest absolute Gasteiger partial charge is 0.340 e. The van der Waals surface area contributed by atoms with Crippen molar-refractivity contribution in [1.82, 2.24) is 14.6 Å². The molecule has 27 heavy (non-hydrogen) atoms. The number of rotatable bonds is 5. The highest BCUT2D eigenvalue weighted by molar-refractivity contribution is 7.92. The van der Waals surface area contributed by atoms with E-state index in [0.29, 0.717) is 22.5 Å². The van der Waals surface area contributed by atoms with Gasteiger partial charge in [-0.05, 0) is 23.8 Å². The van der Waals surface area contributed by atoms with Gasteiger partial charge in [-0.2, -0.15) is 0 Å². The maximum Gasteiger partial charge on any atom is 0.295 e. The molecule has 2 heterocycles. The molecule has 8 nitrogen and oxygen atoms in total. The van der Waals surface area contributed by atoms with Crippen molar-refractivity contribution in [2.45, 2.75) is 6.54 Å². The molecule has 1 amide bonds. The average molecular weight is 392 g/mol. The van der Waals surface area contributed by atoms with E-state index < -0.39 is 15.9 Å². The molecule has 0 aliphatic rings. The number of nitrogens with zero attached hydrogens (tertiary/aromatic N) is 3. The molecule has 0 atom stereocenters. The van der Waals surface area contributed by atoms with Crippen LogP contribution in [0.1, 0.15) is 16.1 Å². The maximum absolute atomic E-state index is 13.1. The van der Waals surface area contributed by atoms with E-state index >= 15 is 0 Å². The Morgan fingerprint density at radius 2 is 2.00 bits per heavy atom. The minimum atomic E-state index is -3.56. The van der Waals surface area contributed by atoms with E-state index in [-0.39, 0.29) is 17.2 Å². The first kappa shape index (κ1) is 18.8. The number of benzene rings is 1. The Bertz CT molecular complexity index is 1110. The lowest BCUT2D eigenvalue weighted by Gasteiger charge is -2.08. The van der Waals surface area contributed by atoms with Gasteiger partial charge in [0.1, 0.15) is 11.5 Å². The topological polar surface area (TPSA) is 105 Å². The van der Waals surface area contributed by atoms with E-state index in [1.54, 1.807) is 22.9 Å². The van der Waals surface area contributed by atoms with Crippen LogP contribution in [0.5, 0.6) is 0 Å². The molecule has 0 spiro atoms. The van der Waals surface area contributed by atoms with Gasteiger partial charge in [0.05, 0.1) is 23.7 Å². The molecule has 0 bridgehead atoms. The lowest BCUT2D eigenvalue weighted by Crippen LogP contribution is -2.23. The van der Waals surface area contributed by atoms with Crippen LogP contribution in [-0.4, -0.2) is 47.4 Å². The van der Waals surface area contributed by atoms with Crippen molar-refractivity contribution < 1.29 is 22.8 Å². The van der Waals surface area contributed by atoms with Crippen molar-refractivity contribution in [1.29, 1.82) is 0 Å². The van der Waals surface area contributed by atoms with Gasteiger partial charge in [-0.15, -0.1) is 0 Å². The fraction of sp³-hybridized carbons (Fsp3) is 0.176. The third kappa shape index (κ3) is 4.23. The molecule has 2 aromatic heterocycles. The van der Waals surface area contributed by atoms with E-state index in [1.165, 1.54) is 31.4 Å². The number of aromatic nitrogens is 2. The number of halogens is 1. The zero-order chi connectivity index (χ0) is 19.8. The van der Waals surface area contributed by atoms with Crippen LogP contribution in [-0.2, 0) is 16.6 Å². The number of hydrogen-bond acceptors (Lipinski definition) is 5. The van der Waals surface area contributed by atoms with Gasteiger partial charge in [0.2, 0.25) is 10.0 Å². The Morgan fingerprint density at radius 1 is 1.33 bits per heavy atom. The van der Waals surface area contributed by atoms with Crippen molar-refractivity contribution in [2.24, 2.45) is 0 Å². The van der Waals surface area contributed by atoms with Gasteiger partial charge >= 0.3 is 0 Å². The van der Waals surface area contributed by atoms with E-state index in [1.807, 2.05) is 0 Å². The van der Waals surface area contributed by atoms with Gasteiger partial charge in [0.25, 0.3) is 5.91 Å². The zero-order valence-electron chi connectivity index (χ0n) is 14.5. The molecule has 1 aromatic carbocycles. The van der Waals surface area contributed by atoms with Crippen LogP contribution in [0.3, 0.4) is 0 Å². The number of carbonyl (C=O) groups is 1. The quantitative estimate of drug-likeness (QED) is 0.511. The van der Waals surface area contributed by atoms with E-state index in [4.69, 9.17) is 0 Å². The standard InChI is InChI=1S/C17H17FN4O4S/c1-21(24)17(23)14-7-13-15(20-27(2,25)26)10-22(16(13)8-19-14)9-11-3-5-12(18)6-4-11/h3-8,10,20,24H,9H2,1-2H3. The number of amides is 1. The SMILES string of the molecule is CN(O)C(=O)c1cc2c(NS(C)(=O)=O)cn(Cc3ccc(F)cc3)c2cn1. The molecule has 0 unspecified atom stereocenters. The predicted octanol–water partition coefficient (Wildman–Crippen LogP) is 2.06. The van der Waals surface area contributed by atoms with Gasteiger partial charge in [-0.25, -0.2) is 22.9 Å². The van der Waals surface area contributed by atoms with E-state index in [2.05, 4.69) is 9.71 Å². The maximum atomic E-state index is 13.1. The lowest BCUT2D eigenvalue weighted by atomic mass is 10.2. The summed E-state index contributed by atoms with van der Waals surface area (Å²) in [7, 11) is -2.39. The summed E-state index contributed by atoms with van der Waals surface area (Å²) in [6.45, 7) is 0.344. The Hall–Kier alpha value is -2.98. The summed E-state index contributed by atoms with van der Waals surface area (Å²) in [5.41, 5.74) is 1.60. The highest BCUT2D eigenvalue weighted by Gasteiger charge is 2.17. The fourth-order valence-electron chi connectivity index (χ4n) is 2.67. The van der Waals surface area contributed by atoms with Crippen molar-refractivity contribution in [3.63, 3.8) is 0 Å². The fourth-order valence-corrected chi connectivity index (χ4v) is 3.23. The summed E-state index contributed by atoms with van der Waals surface area (Å²) in [6.07, 6.45) is 4.02. The zero-order valence-corrected chi connectivity index (χ0v) is 15.4. The van der Waals surface area contributed by atoms with Crippen LogP contribution in [0.4, 0.5) is 10.1 Å². The molecule has 2 N–H and O–H groups in total. The van der Waals surface area contributed by atoms with Gasteiger partial charge in [0.15, 0.2) is 0 Å². The minimum Gasteiger partial charge on any atom is -0.340 e. The number of hydrogen-bond donors (Lipinski definition) is 2. The molecule has 3 aromatic rings. The predicted molar refractivity (Wildman–Crippen MR) is 97.6 cm³/mol. The molecule has 0 aliphatic carbocycles. The molecule has 0 fully saturated rings. The monoisotopic (exact) mass is 392 g/mol. The first-order chi connectivity index (χ1) is 12.6. The van der Waals surface area contributed by atoms with Gasteiger partial charge in [0, 0.05) is 25.2 Å². The molecule has 142 valence electrons. The lowest BCUT2D eigenvalue weighted by molar-refractivity contribution is -0.0379. The van der Waals surface area contributed by atoms with E-state index in [9.17, 15) is 22.8 Å². The summed E-state index contributed by atoms with van der Waals surface area (Å²) >= 11 is 0. The number of sulfonamides is 1. The molecule has 0 saturated heterocycles. The molecule has 0 radical (unpaired) electrons. The first-order valence-corrected chi connectivity index (χ1v) is 9.71. The van der Waals surface area contributed by atoms with Crippen LogP contribution in [0.2, 0.25) is 0 Å². The molecule has 3 rings (SSSR count). The first-order valence-electron chi connectivity index (χ1n) is 7.82. The Labute approximate surface area is 154 Å². The number of hydroxylamine groups is 2. The summed E-state index contributed by atoms with van der Waals surface area (Å²) in [4.78, 5) is 16.0. The number of carbonyl (C=O) groups excluding carboxylic acids is 1. The highest BCUT2D eigenvalue weighted by atomic mass is 32.2. The van der Waals surface area contributed by atoms with Crippen molar-refractivity contribution in [3.05, 3.63) is 59.8 Å². The van der Waals surface area contributed by atoms with Gasteiger partial charge in [-0.3, -0.25) is 14.7 Å². The molecule has 0 saturated carbocycles. The summed E-state index contributed by atoms with van der Waals surface area (Å²) in [5, 5.41) is 10.2. The number of pyridine rings is 1. The smallest absolute Gasteiger partial charge is 0.295 e. The Balaban J connectivity index is 2.11. The Morgan fingerprint density at radius 3 is 2.59 bits per heavy atom. The van der Waals surface area contributed by atoms with Crippen molar-refractivity contribution in [2.75, 3.05) is 18.0 Å². The van der Waals surface area contributed by atoms with E-state index in [0.717, 1.165) is 11.8 Å². The highest BCUT2D eigenvalue weighted by Crippen LogP contribution is 2.28. The molecular formula is C17H17FN4O4S. The van der Waals surface area contributed by atoms with Crippen LogP contribution < -0.4 is 4.72 Å². The second kappa shape index (κ2) is 6.97. The van der Waals surface area contributed by atoms with Crippen LogP contribution in [0.25, 0.3) is 10.9 Å². The second-order valence-corrected chi connectivity index (χ2v) is 7.84. The van der Waals surface area contributed by atoms with Crippen LogP contribution in [0, 0.1) is 5.82 Å². The third-order valence-electron chi connectivity index (χ3n) is 3.84. The summed E-state index contributed by atoms with van der Waals surface area (Å²) < 4.78 is 40.6. The number of nitrogens with one attached hydrogen (secondary N) is 1. The third-order valence-corrected chi connectivity index (χ3v) is 4.43. The number of fused-ring (bicyclic) bond motifs is 1. The Kier molecular flexibility index (Phi) is 4.85. The molecule has 10 heteroatoms. The molecular weight excluding hydrogens is 375 g/mol. The summed E-state index contributed by atoms with van der Waals surface area (Å²) in [6, 6.07) is 7.32. The van der Waals surface area contributed by atoms with Crippen molar-refractivity contribution in [3.8, 4) is 0 Å². The van der Waals surface area contributed by atoms with Crippen LogP contribution in [0.15, 0.2) is 42.7 Å².